The van der Waals surface area contributed by atoms with Crippen LogP contribution in [0.2, 0.25) is 0 Å². The molecule has 110 valence electrons. The highest BCUT2D eigenvalue weighted by Gasteiger charge is 2.30. The lowest BCUT2D eigenvalue weighted by Gasteiger charge is -2.21. The van der Waals surface area contributed by atoms with E-state index in [1.807, 2.05) is 24.3 Å². The Balaban J connectivity index is 1.85. The average molecular weight is 288 g/mol. The molecule has 3 unspecified atom stereocenters. The first-order chi connectivity index (χ1) is 10.1. The first-order valence-corrected chi connectivity index (χ1v) is 7.12. The van der Waals surface area contributed by atoms with Gasteiger partial charge in [-0.1, -0.05) is 30.3 Å². The molecule has 0 spiro atoms. The normalized spacial score (nSPS) is 22.1. The maximum atomic E-state index is 13.8. The summed E-state index contributed by atoms with van der Waals surface area (Å²) in [5, 5.41) is 3.30. The van der Waals surface area contributed by atoms with Gasteiger partial charge in [0.05, 0.1) is 0 Å². The monoisotopic (exact) mass is 288 g/mol. The van der Waals surface area contributed by atoms with E-state index in [1.165, 1.54) is 18.2 Å². The van der Waals surface area contributed by atoms with Crippen LogP contribution in [0, 0.1) is 11.6 Å². The van der Waals surface area contributed by atoms with Gasteiger partial charge >= 0.3 is 0 Å². The van der Waals surface area contributed by atoms with Crippen molar-refractivity contribution in [3.8, 4) is 0 Å². The first-order valence-electron chi connectivity index (χ1n) is 7.12. The fourth-order valence-corrected chi connectivity index (χ4v) is 3.14. The highest BCUT2D eigenvalue weighted by Crippen LogP contribution is 2.38. The van der Waals surface area contributed by atoms with Crippen LogP contribution >= 0.6 is 0 Å². The molecule has 0 heterocycles. The molecule has 0 saturated carbocycles. The zero-order valence-corrected chi connectivity index (χ0v) is 11.8. The van der Waals surface area contributed by atoms with Gasteiger partial charge in [-0.05, 0) is 36.6 Å². The molecule has 2 aromatic carbocycles. The Kier molecular flexibility index (Phi) is 3.74. The molecule has 0 amide bonds. The van der Waals surface area contributed by atoms with E-state index in [-0.39, 0.29) is 17.6 Å². The van der Waals surface area contributed by atoms with Crippen LogP contribution in [0.4, 0.5) is 8.78 Å². The molecular formula is C17H18F2N2. The van der Waals surface area contributed by atoms with Crippen LogP contribution < -0.4 is 11.1 Å². The summed E-state index contributed by atoms with van der Waals surface area (Å²) in [6.07, 6.45) is 0.736. The van der Waals surface area contributed by atoms with Crippen LogP contribution in [0.5, 0.6) is 0 Å². The molecule has 3 rings (SSSR count). The van der Waals surface area contributed by atoms with Gasteiger partial charge in [0.1, 0.15) is 11.6 Å². The smallest absolute Gasteiger partial charge is 0.130 e. The van der Waals surface area contributed by atoms with Crippen LogP contribution in [0.1, 0.15) is 48.2 Å². The van der Waals surface area contributed by atoms with Crippen molar-refractivity contribution in [3.05, 3.63) is 70.8 Å². The quantitative estimate of drug-likeness (QED) is 0.902. The molecule has 1 aliphatic carbocycles. The molecular weight excluding hydrogens is 270 g/mol. The summed E-state index contributed by atoms with van der Waals surface area (Å²) in [6.45, 7) is 1.77. The zero-order valence-electron chi connectivity index (χ0n) is 11.8. The van der Waals surface area contributed by atoms with Gasteiger partial charge in [0.2, 0.25) is 0 Å². The molecule has 3 N–H and O–H groups in total. The van der Waals surface area contributed by atoms with E-state index in [0.717, 1.165) is 17.5 Å². The molecule has 2 aromatic rings. The van der Waals surface area contributed by atoms with E-state index in [9.17, 15) is 8.78 Å². The van der Waals surface area contributed by atoms with Gasteiger partial charge in [-0.3, -0.25) is 0 Å². The van der Waals surface area contributed by atoms with Crippen LogP contribution in [0.25, 0.3) is 0 Å². The predicted molar refractivity (Wildman–Crippen MR) is 78.6 cm³/mol. The van der Waals surface area contributed by atoms with Crippen LogP contribution in [0.3, 0.4) is 0 Å². The van der Waals surface area contributed by atoms with E-state index >= 15 is 0 Å². The third kappa shape index (κ3) is 2.57. The minimum absolute atomic E-state index is 0.0187. The highest BCUT2D eigenvalue weighted by atomic mass is 19.1. The van der Waals surface area contributed by atoms with Crippen molar-refractivity contribution in [2.24, 2.45) is 5.73 Å². The largest absolute Gasteiger partial charge is 0.324 e. The van der Waals surface area contributed by atoms with E-state index in [0.29, 0.717) is 0 Å². The zero-order chi connectivity index (χ0) is 15.0. The van der Waals surface area contributed by atoms with Crippen molar-refractivity contribution in [2.45, 2.75) is 31.5 Å². The molecule has 0 aromatic heterocycles. The van der Waals surface area contributed by atoms with Gasteiger partial charge in [-0.25, -0.2) is 8.78 Å². The fourth-order valence-electron chi connectivity index (χ4n) is 3.14. The summed E-state index contributed by atoms with van der Waals surface area (Å²) in [4.78, 5) is 0. The molecule has 1 aliphatic rings. The Bertz CT molecular complexity index is 637. The number of hydrogen-bond donors (Lipinski definition) is 2. The predicted octanol–water partition coefficient (Wildman–Crippen LogP) is 3.76. The molecule has 3 atom stereocenters. The number of rotatable bonds is 3. The van der Waals surface area contributed by atoms with Crippen LogP contribution in [-0.2, 0) is 0 Å². The summed E-state index contributed by atoms with van der Waals surface area (Å²) in [5.74, 6) is -1.05. The van der Waals surface area contributed by atoms with E-state index in [4.69, 9.17) is 5.73 Å². The second kappa shape index (κ2) is 5.54. The number of nitrogens with one attached hydrogen (secondary N) is 1. The summed E-state index contributed by atoms with van der Waals surface area (Å²) in [6, 6.07) is 11.5. The Morgan fingerprint density at radius 3 is 2.33 bits per heavy atom. The third-order valence-electron chi connectivity index (χ3n) is 4.14. The van der Waals surface area contributed by atoms with Crippen molar-refractivity contribution in [1.82, 2.24) is 5.32 Å². The molecule has 0 aliphatic heterocycles. The Hall–Kier alpha value is -1.78. The standard InChI is InChI=1S/C17H18F2N2/c1-10(17-13(18)7-4-8-14(17)19)21-16-9-15(20)11-5-2-3-6-12(11)16/h2-8,10,15-16,21H,9,20H2,1H3. The van der Waals surface area contributed by atoms with Gasteiger partial charge in [-0.15, -0.1) is 0 Å². The molecule has 0 radical (unpaired) electrons. The molecule has 21 heavy (non-hydrogen) atoms. The molecule has 0 saturated heterocycles. The maximum Gasteiger partial charge on any atom is 0.130 e. The number of benzene rings is 2. The topological polar surface area (TPSA) is 38.0 Å². The molecule has 0 fully saturated rings. The van der Waals surface area contributed by atoms with Crippen LogP contribution in [-0.4, -0.2) is 0 Å². The Morgan fingerprint density at radius 2 is 1.67 bits per heavy atom. The molecule has 0 bridgehead atoms. The van der Waals surface area contributed by atoms with E-state index < -0.39 is 17.7 Å². The van der Waals surface area contributed by atoms with Gasteiger partial charge in [0.15, 0.2) is 0 Å². The van der Waals surface area contributed by atoms with Crippen molar-refractivity contribution in [1.29, 1.82) is 0 Å². The lowest BCUT2D eigenvalue weighted by molar-refractivity contribution is 0.419. The lowest BCUT2D eigenvalue weighted by Crippen LogP contribution is -2.25. The molecule has 4 heteroatoms. The van der Waals surface area contributed by atoms with Crippen LogP contribution in [0.15, 0.2) is 42.5 Å². The summed E-state index contributed by atoms with van der Waals surface area (Å²) >= 11 is 0. The van der Waals surface area contributed by atoms with Gasteiger partial charge in [0.25, 0.3) is 0 Å². The van der Waals surface area contributed by atoms with Crippen molar-refractivity contribution < 1.29 is 8.78 Å². The minimum Gasteiger partial charge on any atom is -0.324 e. The number of hydrogen-bond acceptors (Lipinski definition) is 2. The SMILES string of the molecule is CC(NC1CC(N)c2ccccc21)c1c(F)cccc1F. The summed E-state index contributed by atoms with van der Waals surface area (Å²) in [7, 11) is 0. The number of nitrogens with two attached hydrogens (primary N) is 1. The highest BCUT2D eigenvalue weighted by molar-refractivity contribution is 5.37. The first kappa shape index (κ1) is 14.2. The van der Waals surface area contributed by atoms with Gasteiger partial charge < -0.3 is 11.1 Å². The van der Waals surface area contributed by atoms with Crippen molar-refractivity contribution in [2.75, 3.05) is 0 Å². The van der Waals surface area contributed by atoms with E-state index in [1.54, 1.807) is 6.92 Å². The summed E-state index contributed by atoms with van der Waals surface area (Å²) < 4.78 is 27.7. The number of halogens is 2. The van der Waals surface area contributed by atoms with Gasteiger partial charge in [-0.2, -0.15) is 0 Å². The second-order valence-electron chi connectivity index (χ2n) is 5.55. The molecule has 2 nitrogen and oxygen atoms in total. The number of fused-ring (bicyclic) bond motifs is 1. The van der Waals surface area contributed by atoms with Crippen molar-refractivity contribution in [3.63, 3.8) is 0 Å². The second-order valence-corrected chi connectivity index (χ2v) is 5.55. The van der Waals surface area contributed by atoms with Crippen molar-refractivity contribution >= 4 is 0 Å². The fraction of sp³-hybridized carbons (Fsp3) is 0.294. The minimum atomic E-state index is -0.523. The lowest BCUT2D eigenvalue weighted by atomic mass is 10.0. The van der Waals surface area contributed by atoms with Gasteiger partial charge in [0, 0.05) is 23.7 Å². The maximum absolute atomic E-state index is 13.8. The Morgan fingerprint density at radius 1 is 1.05 bits per heavy atom. The average Bonchev–Trinajstić information content (AvgIpc) is 2.76. The third-order valence-corrected chi connectivity index (χ3v) is 4.14. The summed E-state index contributed by atoms with van der Waals surface area (Å²) in [5.41, 5.74) is 8.43. The van der Waals surface area contributed by atoms with E-state index in [2.05, 4.69) is 5.32 Å². The Labute approximate surface area is 123 Å².